The zero-order valence-corrected chi connectivity index (χ0v) is 18.6. The third-order valence-electron chi connectivity index (χ3n) is 6.93. The van der Waals surface area contributed by atoms with Gasteiger partial charge in [-0.25, -0.2) is 9.97 Å². The smallest absolute Gasteiger partial charge is 0.228 e. The Morgan fingerprint density at radius 3 is 2.65 bits per heavy atom. The SMILES string of the molecule is COc1ccc(CN2CCC[C@H](c3nc(C)c4c(n3)N(CC3CC3)C(=O)CC4)C2)cc1. The van der Waals surface area contributed by atoms with Crippen molar-refractivity contribution >= 4 is 11.7 Å². The lowest BCUT2D eigenvalue weighted by Gasteiger charge is -2.34. The van der Waals surface area contributed by atoms with Gasteiger partial charge in [0, 0.05) is 43.2 Å². The highest BCUT2D eigenvalue weighted by Crippen LogP contribution is 2.36. The minimum Gasteiger partial charge on any atom is -0.497 e. The Labute approximate surface area is 184 Å². The average Bonchev–Trinajstić information content (AvgIpc) is 3.61. The molecule has 3 aliphatic rings. The van der Waals surface area contributed by atoms with Crippen molar-refractivity contribution in [3.8, 4) is 5.75 Å². The molecule has 0 N–H and O–H groups in total. The number of carbonyl (C=O) groups excluding carboxylic acids is 1. The van der Waals surface area contributed by atoms with Gasteiger partial charge in [0.05, 0.1) is 7.11 Å². The molecular weight excluding hydrogens is 388 g/mol. The number of hydrogen-bond acceptors (Lipinski definition) is 5. The largest absolute Gasteiger partial charge is 0.497 e. The van der Waals surface area contributed by atoms with E-state index in [-0.39, 0.29) is 5.91 Å². The summed E-state index contributed by atoms with van der Waals surface area (Å²) in [5.41, 5.74) is 3.53. The maximum Gasteiger partial charge on any atom is 0.228 e. The number of rotatable bonds is 6. The summed E-state index contributed by atoms with van der Waals surface area (Å²) in [6.45, 7) is 5.90. The first kappa shape index (κ1) is 20.4. The quantitative estimate of drug-likeness (QED) is 0.710. The Morgan fingerprint density at radius 1 is 1.10 bits per heavy atom. The van der Waals surface area contributed by atoms with Crippen LogP contribution in [0.4, 0.5) is 5.82 Å². The highest BCUT2D eigenvalue weighted by Gasteiger charge is 2.34. The molecule has 1 saturated carbocycles. The van der Waals surface area contributed by atoms with Crippen molar-refractivity contribution in [3.63, 3.8) is 0 Å². The first-order chi connectivity index (χ1) is 15.1. The number of likely N-dealkylation sites (tertiary alicyclic amines) is 1. The molecule has 1 amide bonds. The number of ether oxygens (including phenoxy) is 1. The molecule has 3 heterocycles. The van der Waals surface area contributed by atoms with Crippen molar-refractivity contribution in [2.45, 2.75) is 57.9 Å². The number of amides is 1. The number of aromatic nitrogens is 2. The standard InChI is InChI=1S/C25H32N4O2/c1-17-22-11-12-23(30)29(15-19-5-6-19)25(22)27-24(26-17)20-4-3-13-28(16-20)14-18-7-9-21(31-2)10-8-18/h7-10,19-20H,3-6,11-16H2,1-2H3/t20-/m0/s1. The molecule has 1 aliphatic carbocycles. The lowest BCUT2D eigenvalue weighted by molar-refractivity contribution is -0.119. The van der Waals surface area contributed by atoms with E-state index in [1.807, 2.05) is 17.0 Å². The fourth-order valence-corrected chi connectivity index (χ4v) is 4.93. The molecule has 0 unspecified atom stereocenters. The van der Waals surface area contributed by atoms with Crippen LogP contribution in [0.2, 0.25) is 0 Å². The maximum absolute atomic E-state index is 12.7. The fourth-order valence-electron chi connectivity index (χ4n) is 4.93. The molecule has 1 aromatic carbocycles. The van der Waals surface area contributed by atoms with E-state index in [0.717, 1.165) is 68.5 Å². The zero-order valence-electron chi connectivity index (χ0n) is 18.6. The fraction of sp³-hybridized carbons (Fsp3) is 0.560. The predicted molar refractivity (Wildman–Crippen MR) is 120 cm³/mol. The number of fused-ring (bicyclic) bond motifs is 1. The van der Waals surface area contributed by atoms with Gasteiger partial charge in [0.25, 0.3) is 0 Å². The first-order valence-corrected chi connectivity index (χ1v) is 11.6. The number of methoxy groups -OCH3 is 1. The van der Waals surface area contributed by atoms with Gasteiger partial charge >= 0.3 is 0 Å². The molecule has 31 heavy (non-hydrogen) atoms. The second-order valence-corrected chi connectivity index (χ2v) is 9.34. The second kappa shape index (κ2) is 8.58. The zero-order chi connectivity index (χ0) is 21.4. The van der Waals surface area contributed by atoms with Crippen LogP contribution in [0, 0.1) is 12.8 Å². The molecule has 2 aromatic rings. The van der Waals surface area contributed by atoms with E-state index in [1.54, 1.807) is 7.11 Å². The van der Waals surface area contributed by atoms with Gasteiger partial charge in [-0.2, -0.15) is 0 Å². The van der Waals surface area contributed by atoms with Crippen LogP contribution in [0.1, 0.15) is 60.7 Å². The van der Waals surface area contributed by atoms with Gasteiger partial charge in [0.15, 0.2) is 0 Å². The van der Waals surface area contributed by atoms with Gasteiger partial charge in [-0.1, -0.05) is 12.1 Å². The van der Waals surface area contributed by atoms with Crippen LogP contribution < -0.4 is 9.64 Å². The molecule has 1 aromatic heterocycles. The van der Waals surface area contributed by atoms with Crippen LogP contribution in [0.15, 0.2) is 24.3 Å². The van der Waals surface area contributed by atoms with Gasteiger partial charge in [-0.05, 0) is 69.2 Å². The highest BCUT2D eigenvalue weighted by molar-refractivity contribution is 5.95. The molecule has 0 spiro atoms. The molecule has 2 aliphatic heterocycles. The maximum atomic E-state index is 12.7. The third-order valence-corrected chi connectivity index (χ3v) is 6.93. The lowest BCUT2D eigenvalue weighted by atomic mass is 9.95. The van der Waals surface area contributed by atoms with E-state index in [4.69, 9.17) is 14.7 Å². The molecule has 2 fully saturated rings. The van der Waals surface area contributed by atoms with Gasteiger partial charge in [0.1, 0.15) is 17.4 Å². The van der Waals surface area contributed by atoms with Gasteiger partial charge < -0.3 is 4.74 Å². The molecule has 1 saturated heterocycles. The number of hydrogen-bond donors (Lipinski definition) is 0. The van der Waals surface area contributed by atoms with E-state index >= 15 is 0 Å². The van der Waals surface area contributed by atoms with Gasteiger partial charge in [-0.15, -0.1) is 0 Å². The molecule has 1 atom stereocenters. The van der Waals surface area contributed by atoms with Crippen LogP contribution in [-0.4, -0.2) is 47.5 Å². The predicted octanol–water partition coefficient (Wildman–Crippen LogP) is 3.86. The number of piperidine rings is 1. The molecule has 6 nitrogen and oxygen atoms in total. The number of aryl methyl sites for hydroxylation is 1. The summed E-state index contributed by atoms with van der Waals surface area (Å²) in [4.78, 5) is 27.1. The van der Waals surface area contributed by atoms with E-state index < -0.39 is 0 Å². The summed E-state index contributed by atoms with van der Waals surface area (Å²) in [5, 5.41) is 0. The molecule has 0 radical (unpaired) electrons. The number of carbonyl (C=O) groups is 1. The number of anilines is 1. The summed E-state index contributed by atoms with van der Waals surface area (Å²) in [6.07, 6.45) is 6.08. The Balaban J connectivity index is 1.35. The van der Waals surface area contributed by atoms with Crippen molar-refractivity contribution in [2.24, 2.45) is 5.92 Å². The van der Waals surface area contributed by atoms with Crippen LogP contribution in [-0.2, 0) is 17.8 Å². The van der Waals surface area contributed by atoms with Gasteiger partial charge in [-0.3, -0.25) is 14.6 Å². The van der Waals surface area contributed by atoms with E-state index in [0.29, 0.717) is 18.3 Å². The molecular formula is C25H32N4O2. The normalized spacial score (nSPS) is 21.8. The summed E-state index contributed by atoms with van der Waals surface area (Å²) in [7, 11) is 1.70. The summed E-state index contributed by atoms with van der Waals surface area (Å²) in [5.74, 6) is 3.92. The number of nitrogens with zero attached hydrogens (tertiary/aromatic N) is 4. The topological polar surface area (TPSA) is 58.6 Å². The van der Waals surface area contributed by atoms with Crippen LogP contribution >= 0.6 is 0 Å². The minimum absolute atomic E-state index is 0.230. The Hall–Kier alpha value is -2.47. The Morgan fingerprint density at radius 2 is 1.90 bits per heavy atom. The van der Waals surface area contributed by atoms with E-state index in [9.17, 15) is 4.79 Å². The average molecular weight is 421 g/mol. The summed E-state index contributed by atoms with van der Waals surface area (Å²) in [6, 6.07) is 8.34. The second-order valence-electron chi connectivity index (χ2n) is 9.34. The van der Waals surface area contributed by atoms with Crippen molar-refractivity contribution < 1.29 is 9.53 Å². The van der Waals surface area contributed by atoms with Crippen molar-refractivity contribution in [1.82, 2.24) is 14.9 Å². The van der Waals surface area contributed by atoms with E-state index in [2.05, 4.69) is 24.0 Å². The molecule has 6 heteroatoms. The molecule has 164 valence electrons. The first-order valence-electron chi connectivity index (χ1n) is 11.6. The van der Waals surface area contributed by atoms with Crippen LogP contribution in [0.3, 0.4) is 0 Å². The van der Waals surface area contributed by atoms with Crippen LogP contribution in [0.5, 0.6) is 5.75 Å². The Kier molecular flexibility index (Phi) is 5.65. The Bertz CT molecular complexity index is 955. The van der Waals surface area contributed by atoms with Crippen molar-refractivity contribution in [2.75, 3.05) is 31.6 Å². The summed E-state index contributed by atoms with van der Waals surface area (Å²) >= 11 is 0. The highest BCUT2D eigenvalue weighted by atomic mass is 16.5. The number of benzene rings is 1. The monoisotopic (exact) mass is 420 g/mol. The van der Waals surface area contributed by atoms with E-state index in [1.165, 1.54) is 24.0 Å². The third kappa shape index (κ3) is 4.45. The van der Waals surface area contributed by atoms with Crippen molar-refractivity contribution in [1.29, 1.82) is 0 Å². The minimum atomic E-state index is 0.230. The van der Waals surface area contributed by atoms with Gasteiger partial charge in [0.2, 0.25) is 5.91 Å². The van der Waals surface area contributed by atoms with Crippen LogP contribution in [0.25, 0.3) is 0 Å². The molecule has 0 bridgehead atoms. The summed E-state index contributed by atoms with van der Waals surface area (Å²) < 4.78 is 5.28. The lowest BCUT2D eigenvalue weighted by Crippen LogP contribution is -2.39. The molecule has 5 rings (SSSR count). The van der Waals surface area contributed by atoms with Crippen molar-refractivity contribution in [3.05, 3.63) is 46.9 Å².